The van der Waals surface area contributed by atoms with E-state index in [4.69, 9.17) is 16.0 Å². The van der Waals surface area contributed by atoms with E-state index in [1.165, 1.54) is 0 Å². The van der Waals surface area contributed by atoms with Crippen molar-refractivity contribution >= 4 is 23.8 Å². The second-order valence-corrected chi connectivity index (χ2v) is 3.19. The standard InChI is InChI=1S/C11H8ClNO/c12-10-4-1-9(2-5-10)3-6-11-13-7-8-14-11/h1-8H/b6-3+. The van der Waals surface area contributed by atoms with Crippen molar-refractivity contribution in [1.82, 2.24) is 4.98 Å². The van der Waals surface area contributed by atoms with Gasteiger partial charge in [0.25, 0.3) is 0 Å². The van der Waals surface area contributed by atoms with Crippen LogP contribution in [0.1, 0.15) is 11.5 Å². The fraction of sp³-hybridized carbons (Fsp3) is 0. The molecule has 0 radical (unpaired) electrons. The fourth-order valence-corrected chi connectivity index (χ4v) is 1.18. The largest absolute Gasteiger partial charge is 0.445 e. The Morgan fingerprint density at radius 3 is 2.57 bits per heavy atom. The minimum absolute atomic E-state index is 0.597. The Labute approximate surface area is 86.8 Å². The van der Waals surface area contributed by atoms with Gasteiger partial charge in [-0.1, -0.05) is 23.7 Å². The number of rotatable bonds is 2. The molecule has 1 heterocycles. The highest BCUT2D eigenvalue weighted by Crippen LogP contribution is 2.11. The van der Waals surface area contributed by atoms with Gasteiger partial charge in [0.15, 0.2) is 0 Å². The molecular weight excluding hydrogens is 198 g/mol. The molecule has 70 valence electrons. The minimum atomic E-state index is 0.597. The molecule has 14 heavy (non-hydrogen) atoms. The maximum atomic E-state index is 5.76. The zero-order valence-electron chi connectivity index (χ0n) is 7.35. The van der Waals surface area contributed by atoms with Gasteiger partial charge in [0.05, 0.1) is 6.20 Å². The van der Waals surface area contributed by atoms with Crippen molar-refractivity contribution < 1.29 is 4.42 Å². The molecule has 0 spiro atoms. The van der Waals surface area contributed by atoms with Crippen LogP contribution in [0, 0.1) is 0 Å². The molecular formula is C11H8ClNO. The number of benzene rings is 1. The average molecular weight is 206 g/mol. The van der Waals surface area contributed by atoms with Crippen molar-refractivity contribution in [2.75, 3.05) is 0 Å². The van der Waals surface area contributed by atoms with Crippen LogP contribution in [0.2, 0.25) is 5.02 Å². The Bertz CT molecular complexity index is 417. The van der Waals surface area contributed by atoms with Crippen molar-refractivity contribution in [3.8, 4) is 0 Å². The number of nitrogens with zero attached hydrogens (tertiary/aromatic N) is 1. The summed E-state index contributed by atoms with van der Waals surface area (Å²) in [6, 6.07) is 7.55. The van der Waals surface area contributed by atoms with E-state index in [9.17, 15) is 0 Å². The van der Waals surface area contributed by atoms with E-state index in [0.717, 1.165) is 10.6 Å². The summed E-state index contributed by atoms with van der Waals surface area (Å²) in [5.74, 6) is 0.597. The van der Waals surface area contributed by atoms with Gasteiger partial charge < -0.3 is 4.42 Å². The summed E-state index contributed by atoms with van der Waals surface area (Å²) in [6.45, 7) is 0. The predicted molar refractivity (Wildman–Crippen MR) is 56.9 cm³/mol. The minimum Gasteiger partial charge on any atom is -0.445 e. The summed E-state index contributed by atoms with van der Waals surface area (Å²) in [4.78, 5) is 3.97. The Kier molecular flexibility index (Phi) is 2.65. The molecule has 3 heteroatoms. The molecule has 0 atom stereocenters. The molecule has 0 aliphatic rings. The summed E-state index contributed by atoms with van der Waals surface area (Å²) in [5, 5.41) is 0.735. The van der Waals surface area contributed by atoms with Gasteiger partial charge in [-0.2, -0.15) is 0 Å². The topological polar surface area (TPSA) is 26.0 Å². The third kappa shape index (κ3) is 2.24. The van der Waals surface area contributed by atoms with E-state index in [1.54, 1.807) is 12.5 Å². The van der Waals surface area contributed by atoms with E-state index < -0.39 is 0 Å². The molecule has 1 aromatic carbocycles. The lowest BCUT2D eigenvalue weighted by Crippen LogP contribution is -1.71. The molecule has 0 aliphatic carbocycles. The van der Waals surface area contributed by atoms with Crippen LogP contribution in [-0.2, 0) is 0 Å². The first-order chi connectivity index (χ1) is 6.84. The molecule has 0 bridgehead atoms. The maximum absolute atomic E-state index is 5.76. The third-order valence-electron chi connectivity index (χ3n) is 1.74. The second kappa shape index (κ2) is 4.11. The third-order valence-corrected chi connectivity index (χ3v) is 1.99. The Balaban J connectivity index is 2.15. The van der Waals surface area contributed by atoms with Crippen molar-refractivity contribution in [1.29, 1.82) is 0 Å². The zero-order chi connectivity index (χ0) is 9.80. The number of hydrogen-bond acceptors (Lipinski definition) is 2. The molecule has 2 rings (SSSR count). The quantitative estimate of drug-likeness (QED) is 0.750. The van der Waals surface area contributed by atoms with Gasteiger partial charge >= 0.3 is 0 Å². The van der Waals surface area contributed by atoms with Gasteiger partial charge in [-0.3, -0.25) is 0 Å². The van der Waals surface area contributed by atoms with Gasteiger partial charge in [-0.25, -0.2) is 4.98 Å². The van der Waals surface area contributed by atoms with E-state index >= 15 is 0 Å². The summed E-state index contributed by atoms with van der Waals surface area (Å²) in [7, 11) is 0. The zero-order valence-corrected chi connectivity index (χ0v) is 8.11. The molecule has 2 nitrogen and oxygen atoms in total. The van der Waals surface area contributed by atoms with Crippen LogP contribution < -0.4 is 0 Å². The van der Waals surface area contributed by atoms with E-state index in [0.29, 0.717) is 5.89 Å². The Morgan fingerprint density at radius 1 is 1.14 bits per heavy atom. The first-order valence-electron chi connectivity index (χ1n) is 4.18. The van der Waals surface area contributed by atoms with Crippen LogP contribution in [0.15, 0.2) is 41.1 Å². The first kappa shape index (κ1) is 9.03. The van der Waals surface area contributed by atoms with Gasteiger partial charge in [-0.15, -0.1) is 0 Å². The molecule has 0 unspecified atom stereocenters. The first-order valence-corrected chi connectivity index (χ1v) is 4.55. The van der Waals surface area contributed by atoms with Gasteiger partial charge in [0, 0.05) is 11.1 Å². The molecule has 1 aromatic heterocycles. The number of hydrogen-bond donors (Lipinski definition) is 0. The highest BCUT2D eigenvalue weighted by atomic mass is 35.5. The Morgan fingerprint density at radius 2 is 1.93 bits per heavy atom. The van der Waals surface area contributed by atoms with Gasteiger partial charge in [0.1, 0.15) is 6.26 Å². The SMILES string of the molecule is Clc1ccc(/C=C/c2ncco2)cc1. The van der Waals surface area contributed by atoms with Crippen LogP contribution in [0.5, 0.6) is 0 Å². The molecule has 0 amide bonds. The van der Waals surface area contributed by atoms with Crippen molar-refractivity contribution in [2.45, 2.75) is 0 Å². The summed E-state index contributed by atoms with van der Waals surface area (Å²) >= 11 is 5.76. The normalized spacial score (nSPS) is 10.9. The van der Waals surface area contributed by atoms with E-state index in [1.807, 2.05) is 36.4 Å². The molecule has 0 fully saturated rings. The maximum Gasteiger partial charge on any atom is 0.218 e. The fourth-order valence-electron chi connectivity index (χ4n) is 1.06. The highest BCUT2D eigenvalue weighted by Gasteiger charge is 1.90. The molecule has 0 aliphatic heterocycles. The van der Waals surface area contributed by atoms with Crippen LogP contribution >= 0.6 is 11.6 Å². The average Bonchev–Trinajstić information content (AvgIpc) is 2.70. The number of halogens is 1. The van der Waals surface area contributed by atoms with Crippen LogP contribution in [0.4, 0.5) is 0 Å². The smallest absolute Gasteiger partial charge is 0.218 e. The second-order valence-electron chi connectivity index (χ2n) is 2.76. The predicted octanol–water partition coefficient (Wildman–Crippen LogP) is 3.50. The summed E-state index contributed by atoms with van der Waals surface area (Å²) in [6.07, 6.45) is 6.88. The highest BCUT2D eigenvalue weighted by molar-refractivity contribution is 6.30. The van der Waals surface area contributed by atoms with Gasteiger partial charge in [0.2, 0.25) is 5.89 Å². The van der Waals surface area contributed by atoms with Gasteiger partial charge in [-0.05, 0) is 23.8 Å². The lowest BCUT2D eigenvalue weighted by molar-refractivity contribution is 0.547. The molecule has 0 saturated heterocycles. The summed E-state index contributed by atoms with van der Waals surface area (Å²) in [5.41, 5.74) is 1.06. The van der Waals surface area contributed by atoms with Crippen molar-refractivity contribution in [2.24, 2.45) is 0 Å². The van der Waals surface area contributed by atoms with Crippen molar-refractivity contribution in [3.63, 3.8) is 0 Å². The van der Waals surface area contributed by atoms with Crippen LogP contribution in [0.25, 0.3) is 12.2 Å². The lowest BCUT2D eigenvalue weighted by atomic mass is 10.2. The van der Waals surface area contributed by atoms with Crippen molar-refractivity contribution in [3.05, 3.63) is 53.2 Å². The number of aromatic nitrogens is 1. The molecule has 0 saturated carbocycles. The summed E-state index contributed by atoms with van der Waals surface area (Å²) < 4.78 is 5.05. The van der Waals surface area contributed by atoms with E-state index in [2.05, 4.69) is 4.98 Å². The Hall–Kier alpha value is -1.54. The lowest BCUT2D eigenvalue weighted by Gasteiger charge is -1.91. The monoisotopic (exact) mass is 205 g/mol. The molecule has 0 N–H and O–H groups in total. The van der Waals surface area contributed by atoms with Crippen LogP contribution in [0.3, 0.4) is 0 Å². The van der Waals surface area contributed by atoms with Crippen LogP contribution in [-0.4, -0.2) is 4.98 Å². The molecule has 2 aromatic rings. The van der Waals surface area contributed by atoms with E-state index in [-0.39, 0.29) is 0 Å². The number of oxazole rings is 1.